The zero-order valence-electron chi connectivity index (χ0n) is 16.2. The summed E-state index contributed by atoms with van der Waals surface area (Å²) < 4.78 is 59.0. The van der Waals surface area contributed by atoms with E-state index in [0.717, 1.165) is 0 Å². The molecule has 2 aromatic rings. The van der Waals surface area contributed by atoms with Gasteiger partial charge in [0.1, 0.15) is 18.4 Å². The van der Waals surface area contributed by atoms with Crippen molar-refractivity contribution in [2.45, 2.75) is 25.4 Å². The van der Waals surface area contributed by atoms with E-state index in [1.165, 1.54) is 10.9 Å². The van der Waals surface area contributed by atoms with Gasteiger partial charge in [-0.25, -0.2) is 10.1 Å². The number of nitrogens with one attached hydrogen (secondary N) is 1. The van der Waals surface area contributed by atoms with Crippen LogP contribution in [0.15, 0.2) is 11.1 Å². The average Bonchev–Trinajstić information content (AvgIpc) is 3.14. The minimum atomic E-state index is -4.34. The number of hydrogen-bond acceptors (Lipinski definition) is 11. The Hall–Kier alpha value is -0.616. The fourth-order valence-corrected chi connectivity index (χ4v) is 3.84. The van der Waals surface area contributed by atoms with Gasteiger partial charge in [-0.15, -0.1) is 0 Å². The molecule has 179 valence electrons. The second-order valence-corrected chi connectivity index (χ2v) is 8.68. The van der Waals surface area contributed by atoms with Crippen molar-refractivity contribution < 1.29 is 78.4 Å². The number of anilines is 1. The van der Waals surface area contributed by atoms with Gasteiger partial charge in [0.15, 0.2) is 11.2 Å². The SMILES string of the molecule is CC1C(OS(N)(=O)=O)[C@@H](CO[PH](=O)O)O[C@H]1n1cnc2c(=O)[nH]c(N)nc21.O=[PH](O)O.[Y]. The second-order valence-electron chi connectivity index (χ2n) is 6.11. The molecular formula is C11H20N6O11P2SY. The quantitative estimate of drug-likeness (QED) is 0.190. The van der Waals surface area contributed by atoms with E-state index in [-0.39, 0.29) is 49.8 Å². The van der Waals surface area contributed by atoms with E-state index in [1.54, 1.807) is 6.92 Å². The van der Waals surface area contributed by atoms with Crippen LogP contribution in [0.5, 0.6) is 0 Å². The molecule has 1 fully saturated rings. The molecule has 3 rings (SSSR count). The number of H-pyrrole nitrogens is 1. The van der Waals surface area contributed by atoms with Crippen LogP contribution in [0.3, 0.4) is 0 Å². The molecule has 3 unspecified atom stereocenters. The molecule has 1 aliphatic rings. The summed E-state index contributed by atoms with van der Waals surface area (Å²) in [7, 11) is -10.8. The number of nitrogens with two attached hydrogens (primary N) is 2. The van der Waals surface area contributed by atoms with Crippen LogP contribution in [0.1, 0.15) is 13.2 Å². The van der Waals surface area contributed by atoms with Crippen LogP contribution in [0.4, 0.5) is 5.95 Å². The summed E-state index contributed by atoms with van der Waals surface area (Å²) in [6.45, 7) is 1.18. The number of hydrogen-bond donors (Lipinski definition) is 6. The Morgan fingerprint density at radius 1 is 1.34 bits per heavy atom. The van der Waals surface area contributed by atoms with E-state index in [0.29, 0.717) is 0 Å². The third-order valence-electron chi connectivity index (χ3n) is 3.99. The standard InChI is InChI=1S/C11H17N6O8PS.H3O3P.Y/c1-4-7(25-27(13,21)22)5(2-23-26(19)20)24-10(4)17-3-14-6-8(17)15-11(12)16-9(6)18;1-4(2)3;/h3-5,7,10,26H,2H2,1H3,(H,19,20)(H2,13,21,22)(H3,12,15,16,18);4H,(H2,1,2,3);/t4?,5-,7?,10-;;/m1../s1. The largest absolute Gasteiger partial charge is 0.369 e. The Morgan fingerprint density at radius 3 is 2.47 bits per heavy atom. The third-order valence-corrected chi connectivity index (χ3v) is 4.89. The summed E-state index contributed by atoms with van der Waals surface area (Å²) in [6, 6.07) is 0. The fourth-order valence-electron chi connectivity index (χ4n) is 2.92. The average molecular weight is 595 g/mol. The molecule has 32 heavy (non-hydrogen) atoms. The first kappa shape index (κ1) is 29.4. The van der Waals surface area contributed by atoms with Gasteiger partial charge < -0.3 is 29.7 Å². The third kappa shape index (κ3) is 8.00. The molecule has 2 aromatic heterocycles. The molecule has 0 amide bonds. The number of imidazole rings is 1. The van der Waals surface area contributed by atoms with E-state index in [4.69, 9.17) is 39.0 Å². The van der Waals surface area contributed by atoms with Gasteiger partial charge in [0.05, 0.1) is 12.9 Å². The van der Waals surface area contributed by atoms with Gasteiger partial charge >= 0.3 is 26.8 Å². The second kappa shape index (κ2) is 12.2. The van der Waals surface area contributed by atoms with Gasteiger partial charge in [-0.1, -0.05) is 6.92 Å². The van der Waals surface area contributed by atoms with Crippen LogP contribution in [0.2, 0.25) is 0 Å². The smallest absolute Gasteiger partial charge is 0.333 e. The van der Waals surface area contributed by atoms with Gasteiger partial charge in [-0.3, -0.25) is 27.7 Å². The molecule has 1 radical (unpaired) electrons. The van der Waals surface area contributed by atoms with Crippen LogP contribution in [-0.4, -0.2) is 61.4 Å². The van der Waals surface area contributed by atoms with E-state index in [1.807, 2.05) is 0 Å². The zero-order chi connectivity index (χ0) is 23.5. The molecule has 8 N–H and O–H groups in total. The van der Waals surface area contributed by atoms with Gasteiger partial charge in [0.2, 0.25) is 5.95 Å². The van der Waals surface area contributed by atoms with E-state index < -0.39 is 63.3 Å². The molecule has 0 saturated carbocycles. The number of nitrogens with zero attached hydrogens (tertiary/aromatic N) is 3. The fraction of sp³-hybridized carbons (Fsp3) is 0.545. The minimum absolute atomic E-state index is 0. The molecule has 0 bridgehead atoms. The summed E-state index contributed by atoms with van der Waals surface area (Å²) in [5.41, 5.74) is 5.11. The van der Waals surface area contributed by atoms with Gasteiger partial charge in [-0.2, -0.15) is 13.4 Å². The normalized spacial score (nSPS) is 24.1. The first-order chi connectivity index (χ1) is 14.3. The van der Waals surface area contributed by atoms with Crippen molar-refractivity contribution in [1.82, 2.24) is 19.5 Å². The first-order valence-electron chi connectivity index (χ1n) is 8.16. The molecule has 1 saturated heterocycles. The molecule has 0 aromatic carbocycles. The van der Waals surface area contributed by atoms with Crippen LogP contribution in [0.25, 0.3) is 11.2 Å². The monoisotopic (exact) mass is 595 g/mol. The maximum absolute atomic E-state index is 11.9. The number of aromatic nitrogens is 4. The summed E-state index contributed by atoms with van der Waals surface area (Å²) >= 11 is 0. The van der Waals surface area contributed by atoms with Gasteiger partial charge in [0.25, 0.3) is 5.56 Å². The minimum Gasteiger partial charge on any atom is -0.369 e. The van der Waals surface area contributed by atoms with Crippen LogP contribution >= 0.6 is 16.5 Å². The van der Waals surface area contributed by atoms with Crippen molar-refractivity contribution in [3.63, 3.8) is 0 Å². The number of nitrogen functional groups attached to an aromatic ring is 1. The summed E-state index contributed by atoms with van der Waals surface area (Å²) in [6.07, 6.45) is -1.77. The number of aromatic amines is 1. The molecule has 21 heteroatoms. The van der Waals surface area contributed by atoms with Crippen LogP contribution in [-0.2, 0) is 65.6 Å². The maximum Gasteiger partial charge on any atom is 0.333 e. The predicted molar refractivity (Wildman–Crippen MR) is 104 cm³/mol. The predicted octanol–water partition coefficient (Wildman–Crippen LogP) is -2.42. The van der Waals surface area contributed by atoms with Crippen LogP contribution in [0, 0.1) is 5.92 Å². The molecular weight excluding hydrogens is 575 g/mol. The zero-order valence-corrected chi connectivity index (χ0v) is 21.8. The molecule has 0 aliphatic carbocycles. The first-order valence-corrected chi connectivity index (χ1v) is 12.2. The Kier molecular flexibility index (Phi) is 11.2. The number of ether oxygens (including phenoxy) is 1. The van der Waals surface area contributed by atoms with E-state index >= 15 is 0 Å². The van der Waals surface area contributed by atoms with Gasteiger partial charge in [0, 0.05) is 38.6 Å². The van der Waals surface area contributed by atoms with Crippen molar-refractivity contribution in [2.24, 2.45) is 11.1 Å². The van der Waals surface area contributed by atoms with Crippen molar-refractivity contribution in [2.75, 3.05) is 12.3 Å². The molecule has 1 aliphatic heterocycles. The van der Waals surface area contributed by atoms with Crippen LogP contribution < -0.4 is 16.4 Å². The Bertz CT molecular complexity index is 1140. The van der Waals surface area contributed by atoms with Gasteiger partial charge in [-0.05, 0) is 0 Å². The van der Waals surface area contributed by atoms with E-state index in [9.17, 15) is 17.8 Å². The van der Waals surface area contributed by atoms with Crippen molar-refractivity contribution in [1.29, 1.82) is 0 Å². The number of rotatable bonds is 6. The Balaban J connectivity index is 0.000000945. The molecule has 17 nitrogen and oxygen atoms in total. The van der Waals surface area contributed by atoms with E-state index in [2.05, 4.69) is 19.5 Å². The molecule has 5 atom stereocenters. The van der Waals surface area contributed by atoms with Crippen molar-refractivity contribution in [3.05, 3.63) is 16.7 Å². The maximum atomic E-state index is 11.9. The summed E-state index contributed by atoms with van der Waals surface area (Å²) in [5.74, 6) is -0.784. The molecule has 3 heterocycles. The number of fused-ring (bicyclic) bond motifs is 1. The summed E-state index contributed by atoms with van der Waals surface area (Å²) in [5, 5.41) is 4.95. The van der Waals surface area contributed by atoms with Crippen molar-refractivity contribution in [3.8, 4) is 0 Å². The van der Waals surface area contributed by atoms with Crippen molar-refractivity contribution >= 4 is 43.9 Å². The Labute approximate surface area is 206 Å². The Morgan fingerprint density at radius 2 is 1.94 bits per heavy atom. The summed E-state index contributed by atoms with van der Waals surface area (Å²) in [4.78, 5) is 45.4. The molecule has 0 spiro atoms. The topological polar surface area (TPSA) is 272 Å².